The van der Waals surface area contributed by atoms with Gasteiger partial charge in [-0.3, -0.25) is 10.1 Å². The van der Waals surface area contributed by atoms with Crippen molar-refractivity contribution in [1.82, 2.24) is 13.7 Å². The molecule has 1 saturated heterocycles. The summed E-state index contributed by atoms with van der Waals surface area (Å²) in [7, 11) is -2.71. The van der Waals surface area contributed by atoms with Gasteiger partial charge in [0.25, 0.3) is 5.69 Å². The van der Waals surface area contributed by atoms with Crippen LogP contribution in [0.1, 0.15) is 28.2 Å². The summed E-state index contributed by atoms with van der Waals surface area (Å²) in [6.07, 6.45) is 0.783. The van der Waals surface area contributed by atoms with Gasteiger partial charge in [0.1, 0.15) is 5.82 Å². The Kier molecular flexibility index (Phi) is 7.38. The number of hydrogen-bond acceptors (Lipinski definition) is 10. The number of rotatable bonds is 7. The summed E-state index contributed by atoms with van der Waals surface area (Å²) in [5.41, 5.74) is 0.547. The average Bonchev–Trinajstić information content (AvgIpc) is 3.17. The molecule has 0 spiro atoms. The third kappa shape index (κ3) is 5.31. The van der Waals surface area contributed by atoms with Gasteiger partial charge in [0, 0.05) is 55.8 Å². The van der Waals surface area contributed by atoms with Gasteiger partial charge in [-0.05, 0) is 18.6 Å². The molecule has 0 N–H and O–H groups in total. The zero-order chi connectivity index (χ0) is 25.0. The number of anilines is 1. The smallest absolute Gasteiger partial charge is 0.339 e. The van der Waals surface area contributed by atoms with Crippen LogP contribution in [0.15, 0.2) is 53.4 Å². The Morgan fingerprint density at radius 2 is 1.86 bits per heavy atom. The van der Waals surface area contributed by atoms with E-state index in [0.29, 0.717) is 36.0 Å². The molecule has 4 rings (SSSR count). The highest BCUT2D eigenvalue weighted by molar-refractivity contribution is 7.89. The van der Waals surface area contributed by atoms with E-state index in [1.807, 2.05) is 4.90 Å². The first kappa shape index (κ1) is 24.7. The fraction of sp³-hybridized carbons (Fsp3) is 0.318. The van der Waals surface area contributed by atoms with Crippen LogP contribution in [0.25, 0.3) is 0 Å². The lowest BCUT2D eigenvalue weighted by molar-refractivity contribution is -0.385. The molecule has 0 unspecified atom stereocenters. The van der Waals surface area contributed by atoms with Crippen molar-refractivity contribution in [3.63, 3.8) is 0 Å². The summed E-state index contributed by atoms with van der Waals surface area (Å²) in [6, 6.07) is 12.5. The molecule has 184 valence electrons. The predicted molar refractivity (Wildman–Crippen MR) is 129 cm³/mol. The fourth-order valence-electron chi connectivity index (χ4n) is 3.89. The minimum Gasteiger partial charge on any atom is -0.465 e. The van der Waals surface area contributed by atoms with Crippen molar-refractivity contribution in [3.8, 4) is 0 Å². The molecule has 0 aliphatic carbocycles. The van der Waals surface area contributed by atoms with E-state index in [-0.39, 0.29) is 35.7 Å². The van der Waals surface area contributed by atoms with Gasteiger partial charge in [-0.1, -0.05) is 30.3 Å². The second-order valence-corrected chi connectivity index (χ2v) is 10.4. The molecule has 1 fully saturated rings. The van der Waals surface area contributed by atoms with Gasteiger partial charge >= 0.3 is 5.97 Å². The maximum atomic E-state index is 13.3. The summed E-state index contributed by atoms with van der Waals surface area (Å²) in [4.78, 5) is 29.4. The molecule has 1 aromatic heterocycles. The van der Waals surface area contributed by atoms with Gasteiger partial charge in [-0.15, -0.1) is 0 Å². The van der Waals surface area contributed by atoms with E-state index in [9.17, 15) is 23.3 Å². The number of carbonyl (C=O) groups is 1. The first-order valence-electron chi connectivity index (χ1n) is 10.8. The van der Waals surface area contributed by atoms with E-state index >= 15 is 0 Å². The monoisotopic (exact) mass is 517 g/mol. The molecular weight excluding hydrogens is 494 g/mol. The Bertz CT molecular complexity index is 1340. The standard InChI is InChI=1S/C22H23N5O6S2/c1-33-21(28)17-8-3-5-10-19(17)35(31,32)26-12-6-11-25(13-14-26)22-23-20(24-34-22)15-16-7-2-4-9-18(16)27(29)30/h2-5,7-10H,6,11-15H2,1H3. The number of benzene rings is 2. The number of nitrogens with zero attached hydrogens (tertiary/aromatic N) is 5. The average molecular weight is 518 g/mol. The van der Waals surface area contributed by atoms with Crippen molar-refractivity contribution in [2.75, 3.05) is 38.2 Å². The third-order valence-corrected chi connectivity index (χ3v) is 8.40. The zero-order valence-corrected chi connectivity index (χ0v) is 20.5. The number of sulfonamides is 1. The van der Waals surface area contributed by atoms with Crippen molar-refractivity contribution in [2.45, 2.75) is 17.7 Å². The van der Waals surface area contributed by atoms with Gasteiger partial charge < -0.3 is 9.64 Å². The second kappa shape index (κ2) is 10.5. The Morgan fingerprint density at radius 3 is 2.63 bits per heavy atom. The summed E-state index contributed by atoms with van der Waals surface area (Å²) in [5, 5.41) is 11.9. The summed E-state index contributed by atoms with van der Waals surface area (Å²) in [5.74, 6) is -0.235. The number of methoxy groups -OCH3 is 1. The van der Waals surface area contributed by atoms with Crippen molar-refractivity contribution in [2.24, 2.45) is 0 Å². The van der Waals surface area contributed by atoms with Crippen LogP contribution in [0.2, 0.25) is 0 Å². The molecule has 0 radical (unpaired) electrons. The summed E-state index contributed by atoms with van der Waals surface area (Å²) < 4.78 is 37.1. The molecule has 11 nitrogen and oxygen atoms in total. The second-order valence-electron chi connectivity index (χ2n) is 7.79. The molecule has 0 amide bonds. The van der Waals surface area contributed by atoms with Gasteiger partial charge in [0.05, 0.1) is 22.5 Å². The van der Waals surface area contributed by atoms with Crippen LogP contribution in [0.3, 0.4) is 0 Å². The van der Waals surface area contributed by atoms with Gasteiger partial charge in [-0.25, -0.2) is 18.2 Å². The lowest BCUT2D eigenvalue weighted by Gasteiger charge is -2.22. The number of hydrogen-bond donors (Lipinski definition) is 0. The molecule has 3 aromatic rings. The number of nitro groups is 1. The molecule has 1 aliphatic rings. The van der Waals surface area contributed by atoms with E-state index in [1.165, 1.54) is 41.1 Å². The third-order valence-electron chi connectivity index (χ3n) is 5.63. The molecule has 0 saturated carbocycles. The maximum absolute atomic E-state index is 13.3. The number of nitro benzene ring substituents is 1. The fourth-order valence-corrected chi connectivity index (χ4v) is 6.27. The van der Waals surface area contributed by atoms with Crippen LogP contribution in [0.5, 0.6) is 0 Å². The van der Waals surface area contributed by atoms with Crippen LogP contribution >= 0.6 is 11.5 Å². The normalized spacial score (nSPS) is 14.9. The van der Waals surface area contributed by atoms with Crippen LogP contribution in [0.4, 0.5) is 10.8 Å². The molecule has 2 aromatic carbocycles. The molecule has 2 heterocycles. The summed E-state index contributed by atoms with van der Waals surface area (Å²) in [6.45, 7) is 1.46. The Labute approximate surface area is 206 Å². The number of ether oxygens (including phenoxy) is 1. The van der Waals surface area contributed by atoms with Gasteiger partial charge in [0.15, 0.2) is 0 Å². The number of carbonyl (C=O) groups excluding carboxylic acids is 1. The van der Waals surface area contributed by atoms with Crippen LogP contribution in [-0.4, -0.2) is 66.3 Å². The van der Waals surface area contributed by atoms with Crippen molar-refractivity contribution < 1.29 is 22.9 Å². The largest absolute Gasteiger partial charge is 0.465 e. The van der Waals surface area contributed by atoms with E-state index in [0.717, 1.165) is 0 Å². The molecule has 35 heavy (non-hydrogen) atoms. The topological polar surface area (TPSA) is 136 Å². The number of aromatic nitrogens is 2. The van der Waals surface area contributed by atoms with E-state index in [2.05, 4.69) is 9.36 Å². The molecular formula is C22H23N5O6S2. The lowest BCUT2D eigenvalue weighted by atomic mass is 10.1. The molecule has 0 atom stereocenters. The number of para-hydroxylation sites is 1. The highest BCUT2D eigenvalue weighted by Gasteiger charge is 2.31. The highest BCUT2D eigenvalue weighted by Crippen LogP contribution is 2.26. The lowest BCUT2D eigenvalue weighted by Crippen LogP contribution is -2.36. The van der Waals surface area contributed by atoms with Crippen LogP contribution in [0, 0.1) is 10.1 Å². The maximum Gasteiger partial charge on any atom is 0.339 e. The minimum atomic E-state index is -3.92. The zero-order valence-electron chi connectivity index (χ0n) is 18.9. The van der Waals surface area contributed by atoms with Crippen LogP contribution in [-0.2, 0) is 21.2 Å². The van der Waals surface area contributed by atoms with Gasteiger partial charge in [-0.2, -0.15) is 8.68 Å². The highest BCUT2D eigenvalue weighted by atomic mass is 32.2. The quantitative estimate of drug-likeness (QED) is 0.263. The van der Waals surface area contributed by atoms with Crippen molar-refractivity contribution in [1.29, 1.82) is 0 Å². The Morgan fingerprint density at radius 1 is 1.11 bits per heavy atom. The van der Waals surface area contributed by atoms with E-state index in [4.69, 9.17) is 4.74 Å². The first-order chi connectivity index (χ1) is 16.8. The summed E-state index contributed by atoms with van der Waals surface area (Å²) >= 11 is 1.18. The predicted octanol–water partition coefficient (Wildman–Crippen LogP) is 2.72. The van der Waals surface area contributed by atoms with E-state index < -0.39 is 20.9 Å². The molecule has 0 bridgehead atoms. The first-order valence-corrected chi connectivity index (χ1v) is 13.0. The van der Waals surface area contributed by atoms with Crippen molar-refractivity contribution in [3.05, 3.63) is 75.6 Å². The van der Waals surface area contributed by atoms with Crippen LogP contribution < -0.4 is 4.90 Å². The van der Waals surface area contributed by atoms with Crippen molar-refractivity contribution >= 4 is 38.3 Å². The minimum absolute atomic E-state index is 0.000117. The molecule has 1 aliphatic heterocycles. The van der Waals surface area contributed by atoms with E-state index in [1.54, 1.807) is 30.3 Å². The molecule has 13 heteroatoms. The number of esters is 1. The van der Waals surface area contributed by atoms with Gasteiger partial charge in [0.2, 0.25) is 15.2 Å². The Hall–Kier alpha value is -3.42. The Balaban J connectivity index is 1.48. The SMILES string of the molecule is COC(=O)c1ccccc1S(=O)(=O)N1CCCN(c2nc(Cc3ccccc3[N+](=O)[O-])ns2)CC1.